The van der Waals surface area contributed by atoms with Gasteiger partial charge in [-0.05, 0) is 36.4 Å². The highest BCUT2D eigenvalue weighted by Gasteiger charge is 2.10. The minimum Gasteiger partial charge on any atom is -0.455 e. The number of nitriles is 2. The van der Waals surface area contributed by atoms with Crippen LogP contribution in [-0.2, 0) is 0 Å². The standard InChI is InChI=1S/C15H8N2O2/c16-8-12-2-1-3-13(9-17)15(12)19-14-6-4-11(10-18)5-7-14/h1-7,10H. The van der Waals surface area contributed by atoms with Crippen molar-refractivity contribution in [3.05, 3.63) is 59.2 Å². The third-order valence-corrected chi connectivity index (χ3v) is 2.49. The van der Waals surface area contributed by atoms with Gasteiger partial charge in [0.2, 0.25) is 0 Å². The molecule has 0 saturated heterocycles. The molecule has 0 saturated carbocycles. The summed E-state index contributed by atoms with van der Waals surface area (Å²) in [4.78, 5) is 10.6. The van der Waals surface area contributed by atoms with E-state index in [1.165, 1.54) is 0 Å². The molecule has 0 aliphatic heterocycles. The lowest BCUT2D eigenvalue weighted by Gasteiger charge is -2.08. The third-order valence-electron chi connectivity index (χ3n) is 2.49. The number of hydrogen-bond acceptors (Lipinski definition) is 4. The van der Waals surface area contributed by atoms with E-state index >= 15 is 0 Å². The SMILES string of the molecule is N#Cc1cccc(C#N)c1Oc1ccc(C=O)cc1. The van der Waals surface area contributed by atoms with Gasteiger partial charge in [0.25, 0.3) is 0 Å². The second kappa shape index (κ2) is 5.48. The number of nitrogens with zero attached hydrogens (tertiary/aromatic N) is 2. The van der Waals surface area contributed by atoms with Crippen LogP contribution in [0.3, 0.4) is 0 Å². The molecule has 19 heavy (non-hydrogen) atoms. The summed E-state index contributed by atoms with van der Waals surface area (Å²) < 4.78 is 5.56. The molecule has 0 aromatic heterocycles. The molecule has 0 heterocycles. The fourth-order valence-electron chi connectivity index (χ4n) is 1.56. The fourth-order valence-corrected chi connectivity index (χ4v) is 1.56. The quantitative estimate of drug-likeness (QED) is 0.782. The van der Waals surface area contributed by atoms with Crippen LogP contribution in [0, 0.1) is 22.7 Å². The number of hydrogen-bond donors (Lipinski definition) is 0. The summed E-state index contributed by atoms with van der Waals surface area (Å²) in [6, 6.07) is 15.2. The summed E-state index contributed by atoms with van der Waals surface area (Å²) in [5, 5.41) is 18.0. The average Bonchev–Trinajstić information content (AvgIpc) is 2.48. The second-order valence-corrected chi connectivity index (χ2v) is 3.69. The van der Waals surface area contributed by atoms with Gasteiger partial charge in [0.1, 0.15) is 24.2 Å². The van der Waals surface area contributed by atoms with Crippen LogP contribution in [0.2, 0.25) is 0 Å². The van der Waals surface area contributed by atoms with E-state index < -0.39 is 0 Å². The van der Waals surface area contributed by atoms with E-state index in [4.69, 9.17) is 15.3 Å². The molecule has 4 nitrogen and oxygen atoms in total. The van der Waals surface area contributed by atoms with Crippen molar-refractivity contribution in [2.75, 3.05) is 0 Å². The average molecular weight is 248 g/mol. The summed E-state index contributed by atoms with van der Waals surface area (Å²) in [5.74, 6) is 0.691. The van der Waals surface area contributed by atoms with Crippen molar-refractivity contribution in [1.29, 1.82) is 10.5 Å². The van der Waals surface area contributed by atoms with Gasteiger partial charge in [0.05, 0.1) is 11.1 Å². The van der Waals surface area contributed by atoms with Crippen molar-refractivity contribution in [2.45, 2.75) is 0 Å². The predicted molar refractivity (Wildman–Crippen MR) is 67.8 cm³/mol. The minimum atomic E-state index is 0.228. The molecule has 0 aliphatic carbocycles. The highest BCUT2D eigenvalue weighted by atomic mass is 16.5. The van der Waals surface area contributed by atoms with Crippen molar-refractivity contribution in [3.8, 4) is 23.6 Å². The van der Waals surface area contributed by atoms with E-state index in [1.807, 2.05) is 12.1 Å². The maximum atomic E-state index is 10.6. The summed E-state index contributed by atoms with van der Waals surface area (Å²) in [5.41, 5.74) is 1.11. The lowest BCUT2D eigenvalue weighted by Crippen LogP contribution is -1.92. The zero-order chi connectivity index (χ0) is 13.7. The van der Waals surface area contributed by atoms with Crippen molar-refractivity contribution in [1.82, 2.24) is 0 Å². The van der Waals surface area contributed by atoms with Crippen molar-refractivity contribution in [3.63, 3.8) is 0 Å². The molecule has 0 radical (unpaired) electrons. The molecule has 2 aromatic rings. The maximum Gasteiger partial charge on any atom is 0.162 e. The zero-order valence-electron chi connectivity index (χ0n) is 9.83. The van der Waals surface area contributed by atoms with Crippen molar-refractivity contribution in [2.24, 2.45) is 0 Å². The van der Waals surface area contributed by atoms with Crippen molar-refractivity contribution < 1.29 is 9.53 Å². The van der Waals surface area contributed by atoms with Gasteiger partial charge in [0, 0.05) is 5.56 Å². The van der Waals surface area contributed by atoms with Gasteiger partial charge >= 0.3 is 0 Å². The van der Waals surface area contributed by atoms with Crippen LogP contribution < -0.4 is 4.74 Å². The number of carbonyl (C=O) groups excluding carboxylic acids is 1. The molecule has 0 amide bonds. The Morgan fingerprint density at radius 3 is 2.00 bits per heavy atom. The first kappa shape index (κ1) is 12.3. The summed E-state index contributed by atoms with van der Waals surface area (Å²) in [6.45, 7) is 0. The number of carbonyl (C=O) groups is 1. The first-order chi connectivity index (χ1) is 9.28. The molecule has 0 atom stereocenters. The molecule has 0 N–H and O–H groups in total. The lowest BCUT2D eigenvalue weighted by molar-refractivity contribution is 0.112. The number of rotatable bonds is 3. The zero-order valence-corrected chi connectivity index (χ0v) is 9.83. The molecule has 0 spiro atoms. The third kappa shape index (κ3) is 2.59. The summed E-state index contributed by atoms with van der Waals surface area (Å²) >= 11 is 0. The van der Waals surface area contributed by atoms with Crippen LogP contribution in [0.25, 0.3) is 0 Å². The van der Waals surface area contributed by atoms with Crippen LogP contribution in [0.1, 0.15) is 21.5 Å². The Labute approximate surface area is 110 Å². The maximum absolute atomic E-state index is 10.6. The summed E-state index contributed by atoms with van der Waals surface area (Å²) in [6.07, 6.45) is 0.730. The molecule has 0 aliphatic rings. The molecule has 2 aromatic carbocycles. The first-order valence-electron chi connectivity index (χ1n) is 5.45. The van der Waals surface area contributed by atoms with Crippen LogP contribution in [-0.4, -0.2) is 6.29 Å². The highest BCUT2D eigenvalue weighted by molar-refractivity contribution is 5.74. The van der Waals surface area contributed by atoms with E-state index in [-0.39, 0.29) is 5.75 Å². The lowest BCUT2D eigenvalue weighted by atomic mass is 10.1. The van der Waals surface area contributed by atoms with Gasteiger partial charge in [0.15, 0.2) is 5.75 Å². The van der Waals surface area contributed by atoms with Gasteiger partial charge in [-0.15, -0.1) is 0 Å². The molecule has 4 heteroatoms. The number of benzene rings is 2. The molecular formula is C15H8N2O2. The molecule has 0 fully saturated rings. The number of para-hydroxylation sites is 1. The molecule has 0 bridgehead atoms. The Bertz CT molecular complexity index is 659. The fraction of sp³-hybridized carbons (Fsp3) is 0. The minimum absolute atomic E-state index is 0.228. The topological polar surface area (TPSA) is 73.9 Å². The Balaban J connectivity index is 2.40. The van der Waals surface area contributed by atoms with Gasteiger partial charge in [-0.3, -0.25) is 4.79 Å². The molecule has 0 unspecified atom stereocenters. The van der Waals surface area contributed by atoms with Crippen LogP contribution in [0.5, 0.6) is 11.5 Å². The van der Waals surface area contributed by atoms with Gasteiger partial charge < -0.3 is 4.74 Å². The van der Waals surface area contributed by atoms with Crippen LogP contribution in [0.15, 0.2) is 42.5 Å². The largest absolute Gasteiger partial charge is 0.455 e. The van der Waals surface area contributed by atoms with Gasteiger partial charge in [-0.25, -0.2) is 0 Å². The van der Waals surface area contributed by atoms with E-state index in [0.717, 1.165) is 6.29 Å². The Kier molecular flexibility index (Phi) is 3.56. The molecule has 90 valence electrons. The van der Waals surface area contributed by atoms with Gasteiger partial charge in [-0.1, -0.05) is 6.07 Å². The van der Waals surface area contributed by atoms with Crippen LogP contribution in [0.4, 0.5) is 0 Å². The van der Waals surface area contributed by atoms with E-state index in [0.29, 0.717) is 22.4 Å². The smallest absolute Gasteiger partial charge is 0.162 e. The van der Waals surface area contributed by atoms with Crippen LogP contribution >= 0.6 is 0 Å². The normalized spacial score (nSPS) is 9.16. The highest BCUT2D eigenvalue weighted by Crippen LogP contribution is 2.28. The Hall–Kier alpha value is -3.11. The van der Waals surface area contributed by atoms with Crippen molar-refractivity contribution >= 4 is 6.29 Å². The Morgan fingerprint density at radius 1 is 0.947 bits per heavy atom. The number of ether oxygens (including phenoxy) is 1. The van der Waals surface area contributed by atoms with E-state index in [2.05, 4.69) is 0 Å². The molecule has 2 rings (SSSR count). The van der Waals surface area contributed by atoms with E-state index in [1.54, 1.807) is 42.5 Å². The Morgan fingerprint density at radius 2 is 1.53 bits per heavy atom. The van der Waals surface area contributed by atoms with E-state index in [9.17, 15) is 4.79 Å². The first-order valence-corrected chi connectivity index (χ1v) is 5.45. The predicted octanol–water partition coefficient (Wildman–Crippen LogP) is 3.03. The second-order valence-electron chi connectivity index (χ2n) is 3.69. The van der Waals surface area contributed by atoms with Gasteiger partial charge in [-0.2, -0.15) is 10.5 Å². The summed E-state index contributed by atoms with van der Waals surface area (Å²) in [7, 11) is 0. The monoisotopic (exact) mass is 248 g/mol. The number of aldehydes is 1. The molecular weight excluding hydrogens is 240 g/mol.